The maximum absolute atomic E-state index is 12.8. The lowest BCUT2D eigenvalue weighted by atomic mass is 9.81. The number of amides is 2. The number of rotatable bonds is 6. The average molecular weight is 413 g/mol. The number of esters is 1. The predicted molar refractivity (Wildman–Crippen MR) is 109 cm³/mol. The highest BCUT2D eigenvalue weighted by molar-refractivity contribution is 5.98. The monoisotopic (exact) mass is 413 g/mol. The molecule has 1 fully saturated rings. The highest BCUT2D eigenvalue weighted by atomic mass is 16.5. The maximum Gasteiger partial charge on any atom is 0.308 e. The topological polar surface area (TPSA) is 99.9 Å². The van der Waals surface area contributed by atoms with Crippen molar-refractivity contribution >= 4 is 23.5 Å². The molecule has 30 heavy (non-hydrogen) atoms. The Bertz CT molecular complexity index is 857. The van der Waals surface area contributed by atoms with Crippen molar-refractivity contribution in [2.45, 2.75) is 57.1 Å². The van der Waals surface area contributed by atoms with Crippen LogP contribution in [0.25, 0.3) is 0 Å². The molecule has 0 bridgehead atoms. The molecule has 160 valence electrons. The van der Waals surface area contributed by atoms with Gasteiger partial charge in [-0.05, 0) is 31.9 Å². The van der Waals surface area contributed by atoms with Crippen molar-refractivity contribution in [1.29, 1.82) is 5.26 Å². The first-order valence-corrected chi connectivity index (χ1v) is 10.3. The number of para-hydroxylation sites is 2. The molecule has 0 saturated heterocycles. The van der Waals surface area contributed by atoms with Gasteiger partial charge in [0.1, 0.15) is 11.3 Å². The van der Waals surface area contributed by atoms with Crippen LogP contribution in [-0.2, 0) is 19.1 Å². The summed E-state index contributed by atoms with van der Waals surface area (Å²) in [4.78, 5) is 40.2. The van der Waals surface area contributed by atoms with E-state index in [9.17, 15) is 19.6 Å². The van der Waals surface area contributed by atoms with Gasteiger partial charge in [-0.15, -0.1) is 0 Å². The molecule has 1 heterocycles. The zero-order chi connectivity index (χ0) is 21.7. The van der Waals surface area contributed by atoms with Gasteiger partial charge in [0.2, 0.25) is 0 Å². The molecule has 3 rings (SSSR count). The second-order valence-electron chi connectivity index (χ2n) is 7.79. The van der Waals surface area contributed by atoms with Crippen LogP contribution in [0.15, 0.2) is 24.3 Å². The average Bonchev–Trinajstić information content (AvgIpc) is 2.77. The molecule has 1 aromatic rings. The second kappa shape index (κ2) is 9.16. The van der Waals surface area contributed by atoms with Crippen LogP contribution >= 0.6 is 0 Å². The number of carbonyl (C=O) groups excluding carboxylic acids is 3. The highest BCUT2D eigenvalue weighted by Gasteiger charge is 2.40. The first-order valence-electron chi connectivity index (χ1n) is 10.3. The molecule has 1 saturated carbocycles. The molecule has 8 nitrogen and oxygen atoms in total. The van der Waals surface area contributed by atoms with Crippen LogP contribution in [0.1, 0.15) is 45.4 Å². The van der Waals surface area contributed by atoms with E-state index >= 15 is 0 Å². The van der Waals surface area contributed by atoms with E-state index in [0.717, 1.165) is 19.3 Å². The van der Waals surface area contributed by atoms with E-state index in [0.29, 0.717) is 24.3 Å². The molecule has 2 aliphatic rings. The first-order chi connectivity index (χ1) is 14.4. The van der Waals surface area contributed by atoms with Gasteiger partial charge in [0.25, 0.3) is 11.8 Å². The van der Waals surface area contributed by atoms with Crippen LogP contribution in [0.4, 0.5) is 5.69 Å². The number of anilines is 1. The van der Waals surface area contributed by atoms with Crippen molar-refractivity contribution < 1.29 is 23.9 Å². The van der Waals surface area contributed by atoms with Crippen molar-refractivity contribution in [3.63, 3.8) is 0 Å². The maximum atomic E-state index is 12.8. The molecular weight excluding hydrogens is 386 g/mol. The largest absolute Gasteiger partial charge is 0.482 e. The van der Waals surface area contributed by atoms with E-state index in [1.165, 1.54) is 16.7 Å². The Hall–Kier alpha value is -3.08. The molecule has 0 spiro atoms. The number of nitriles is 1. The van der Waals surface area contributed by atoms with Crippen molar-refractivity contribution in [3.05, 3.63) is 24.3 Å². The van der Waals surface area contributed by atoms with E-state index < -0.39 is 17.6 Å². The Morgan fingerprint density at radius 3 is 2.70 bits per heavy atom. The van der Waals surface area contributed by atoms with Crippen LogP contribution in [0.3, 0.4) is 0 Å². The molecule has 0 aromatic heterocycles. The van der Waals surface area contributed by atoms with Gasteiger partial charge < -0.3 is 19.3 Å². The standard InChI is InChI=1S/C22H27N3O5/c1-16(21(28)24(2)22(15-23)11-6-3-7-12-22)30-20(27)10-13-25-17-8-4-5-9-18(17)29-14-19(25)26/h4-5,8-9,16H,3,6-7,10-14H2,1-2H3/t16-/m0/s1. The number of nitrogens with zero attached hydrogens (tertiary/aromatic N) is 3. The van der Waals surface area contributed by atoms with E-state index in [-0.39, 0.29) is 31.4 Å². The number of benzene rings is 1. The lowest BCUT2D eigenvalue weighted by molar-refractivity contribution is -0.160. The van der Waals surface area contributed by atoms with Crippen molar-refractivity contribution in [3.8, 4) is 11.8 Å². The number of hydrogen-bond donors (Lipinski definition) is 0. The third kappa shape index (κ3) is 4.40. The molecule has 8 heteroatoms. The zero-order valence-corrected chi connectivity index (χ0v) is 17.4. The number of carbonyl (C=O) groups is 3. The Morgan fingerprint density at radius 1 is 1.30 bits per heavy atom. The number of fused-ring (bicyclic) bond motifs is 1. The first kappa shape index (κ1) is 21.6. The quantitative estimate of drug-likeness (QED) is 0.664. The number of ether oxygens (including phenoxy) is 2. The molecule has 0 unspecified atom stereocenters. The van der Waals surface area contributed by atoms with Gasteiger partial charge in [0.05, 0.1) is 18.2 Å². The highest BCUT2D eigenvalue weighted by Crippen LogP contribution is 2.33. The molecule has 1 aliphatic carbocycles. The molecule has 0 N–H and O–H groups in total. The van der Waals surface area contributed by atoms with Gasteiger partial charge in [-0.25, -0.2) is 0 Å². The van der Waals surface area contributed by atoms with E-state index in [1.54, 1.807) is 25.2 Å². The molecule has 2 amide bonds. The van der Waals surface area contributed by atoms with Crippen LogP contribution in [0, 0.1) is 11.3 Å². The summed E-state index contributed by atoms with van der Waals surface area (Å²) in [5.41, 5.74) is -0.224. The normalized spacial score (nSPS) is 18.4. The summed E-state index contributed by atoms with van der Waals surface area (Å²) in [6.45, 7) is 1.57. The summed E-state index contributed by atoms with van der Waals surface area (Å²) >= 11 is 0. The Balaban J connectivity index is 1.56. The Kier molecular flexibility index (Phi) is 6.60. The van der Waals surface area contributed by atoms with Gasteiger partial charge in [0.15, 0.2) is 12.7 Å². The minimum Gasteiger partial charge on any atom is -0.482 e. The number of likely N-dealkylation sites (N-methyl/N-ethyl adjacent to an activating group) is 1. The predicted octanol–water partition coefficient (Wildman–Crippen LogP) is 2.42. The van der Waals surface area contributed by atoms with Crippen LogP contribution in [-0.4, -0.2) is 54.5 Å². The minimum atomic E-state index is -0.998. The third-order valence-electron chi connectivity index (χ3n) is 5.87. The zero-order valence-electron chi connectivity index (χ0n) is 17.4. The fourth-order valence-corrected chi connectivity index (χ4v) is 4.05. The lowest BCUT2D eigenvalue weighted by Crippen LogP contribution is -2.53. The van der Waals surface area contributed by atoms with E-state index in [2.05, 4.69) is 6.07 Å². The number of hydrogen-bond acceptors (Lipinski definition) is 6. The van der Waals surface area contributed by atoms with Crippen molar-refractivity contribution in [2.24, 2.45) is 0 Å². The van der Waals surface area contributed by atoms with E-state index in [4.69, 9.17) is 9.47 Å². The SMILES string of the molecule is C[C@H](OC(=O)CCN1C(=O)COc2ccccc21)C(=O)N(C)C1(C#N)CCCCC1. The summed E-state index contributed by atoms with van der Waals surface area (Å²) < 4.78 is 10.7. The summed E-state index contributed by atoms with van der Waals surface area (Å²) in [5.74, 6) is -0.612. The van der Waals surface area contributed by atoms with Gasteiger partial charge in [-0.2, -0.15) is 5.26 Å². The van der Waals surface area contributed by atoms with Crippen molar-refractivity contribution in [1.82, 2.24) is 4.90 Å². The summed E-state index contributed by atoms with van der Waals surface area (Å²) in [5, 5.41) is 9.66. The second-order valence-corrected chi connectivity index (χ2v) is 7.79. The summed E-state index contributed by atoms with van der Waals surface area (Å²) in [6, 6.07) is 9.42. The van der Waals surface area contributed by atoms with Gasteiger partial charge in [0, 0.05) is 13.6 Å². The molecule has 1 aliphatic heterocycles. The van der Waals surface area contributed by atoms with Gasteiger partial charge in [-0.1, -0.05) is 31.4 Å². The smallest absolute Gasteiger partial charge is 0.308 e. The fourth-order valence-electron chi connectivity index (χ4n) is 4.05. The molecule has 1 aromatic carbocycles. The summed E-state index contributed by atoms with van der Waals surface area (Å²) in [7, 11) is 1.60. The van der Waals surface area contributed by atoms with Crippen molar-refractivity contribution in [2.75, 3.05) is 25.1 Å². The molecule has 0 radical (unpaired) electrons. The van der Waals surface area contributed by atoms with Gasteiger partial charge in [-0.3, -0.25) is 14.4 Å². The van der Waals surface area contributed by atoms with Crippen LogP contribution in [0.5, 0.6) is 5.75 Å². The lowest BCUT2D eigenvalue weighted by Gasteiger charge is -2.39. The molecule has 1 atom stereocenters. The van der Waals surface area contributed by atoms with Crippen LogP contribution < -0.4 is 9.64 Å². The van der Waals surface area contributed by atoms with E-state index in [1.807, 2.05) is 6.07 Å². The Morgan fingerprint density at radius 2 is 2.00 bits per heavy atom. The Labute approximate surface area is 176 Å². The van der Waals surface area contributed by atoms with Gasteiger partial charge >= 0.3 is 5.97 Å². The fraction of sp³-hybridized carbons (Fsp3) is 0.545. The minimum absolute atomic E-state index is 0.0508. The molecular formula is C22H27N3O5. The van der Waals surface area contributed by atoms with Crippen LogP contribution in [0.2, 0.25) is 0 Å². The summed E-state index contributed by atoms with van der Waals surface area (Å²) in [6.07, 6.45) is 3.06. The third-order valence-corrected chi connectivity index (χ3v) is 5.87.